The molecule has 0 aromatic heterocycles. The number of aryl methyl sites for hydroxylation is 2. The number of benzene rings is 2. The second-order valence-corrected chi connectivity index (χ2v) is 9.38. The van der Waals surface area contributed by atoms with Crippen LogP contribution in [0, 0.1) is 13.8 Å². The summed E-state index contributed by atoms with van der Waals surface area (Å²) in [6, 6.07) is 13.8. The van der Waals surface area contributed by atoms with Crippen molar-refractivity contribution in [3.63, 3.8) is 0 Å². The zero-order chi connectivity index (χ0) is 21.7. The van der Waals surface area contributed by atoms with Gasteiger partial charge in [0.05, 0.1) is 19.0 Å². The maximum atomic E-state index is 13.9. The average molecular weight is 427 g/mol. The molecule has 1 aliphatic carbocycles. The van der Waals surface area contributed by atoms with Gasteiger partial charge in [-0.25, -0.2) is 0 Å². The van der Waals surface area contributed by atoms with Crippen molar-refractivity contribution in [1.29, 1.82) is 0 Å². The molecular formula is C25H30O4S. The summed E-state index contributed by atoms with van der Waals surface area (Å²) in [5, 5.41) is 0. The summed E-state index contributed by atoms with van der Waals surface area (Å²) >= 11 is 1.67. The van der Waals surface area contributed by atoms with E-state index in [9.17, 15) is 9.59 Å². The van der Waals surface area contributed by atoms with Gasteiger partial charge in [0.1, 0.15) is 11.7 Å². The number of ketones is 1. The van der Waals surface area contributed by atoms with Gasteiger partial charge in [0.15, 0.2) is 5.78 Å². The fourth-order valence-electron chi connectivity index (χ4n) is 4.26. The number of ether oxygens (including phenoxy) is 2. The molecule has 0 aliphatic heterocycles. The van der Waals surface area contributed by atoms with Gasteiger partial charge >= 0.3 is 5.97 Å². The first kappa shape index (κ1) is 22.4. The van der Waals surface area contributed by atoms with Crippen LogP contribution in [0.4, 0.5) is 0 Å². The predicted molar refractivity (Wildman–Crippen MR) is 121 cm³/mol. The zero-order valence-corrected chi connectivity index (χ0v) is 19.0. The molecule has 1 saturated carbocycles. The number of esters is 1. The van der Waals surface area contributed by atoms with Gasteiger partial charge in [0, 0.05) is 5.75 Å². The van der Waals surface area contributed by atoms with Gasteiger partial charge in [-0.3, -0.25) is 9.59 Å². The highest BCUT2D eigenvalue weighted by Gasteiger charge is 2.47. The first-order chi connectivity index (χ1) is 14.4. The van der Waals surface area contributed by atoms with Crippen molar-refractivity contribution in [2.24, 2.45) is 0 Å². The van der Waals surface area contributed by atoms with Crippen molar-refractivity contribution in [1.82, 2.24) is 0 Å². The highest BCUT2D eigenvalue weighted by atomic mass is 32.2. The van der Waals surface area contributed by atoms with Crippen LogP contribution in [0.15, 0.2) is 42.5 Å². The van der Waals surface area contributed by atoms with Crippen molar-refractivity contribution < 1.29 is 19.1 Å². The van der Waals surface area contributed by atoms with Crippen LogP contribution in [0.2, 0.25) is 0 Å². The monoisotopic (exact) mass is 426 g/mol. The van der Waals surface area contributed by atoms with Crippen molar-refractivity contribution in [2.45, 2.75) is 55.9 Å². The third kappa shape index (κ3) is 4.72. The quantitative estimate of drug-likeness (QED) is 0.419. The molecule has 30 heavy (non-hydrogen) atoms. The molecule has 0 amide bonds. The summed E-state index contributed by atoms with van der Waals surface area (Å²) in [5.74, 6) is 0.171. The number of hydrogen-bond donors (Lipinski definition) is 0. The molecule has 5 heteroatoms. The largest absolute Gasteiger partial charge is 0.497 e. The van der Waals surface area contributed by atoms with E-state index < -0.39 is 16.6 Å². The van der Waals surface area contributed by atoms with E-state index in [2.05, 4.69) is 0 Å². The standard InChI is InChI=1S/C25H30O4S/c1-17-7-12-21(18(2)15-17)22(24(27)29-4)23(26)25(13-5-6-14-25)30-16-19-8-10-20(28-3)11-9-19/h7-12,15,22H,5-6,13-14,16H2,1-4H3. The van der Waals surface area contributed by atoms with Gasteiger partial charge in [-0.15, -0.1) is 11.8 Å². The Morgan fingerprint density at radius 1 is 1.03 bits per heavy atom. The van der Waals surface area contributed by atoms with E-state index in [1.165, 1.54) is 7.11 Å². The Bertz CT molecular complexity index is 898. The minimum atomic E-state index is -0.878. The molecule has 160 valence electrons. The Morgan fingerprint density at radius 3 is 2.27 bits per heavy atom. The number of Topliss-reactive ketones (excluding diaryl/α,β-unsaturated/α-hetero) is 1. The van der Waals surface area contributed by atoms with Gasteiger partial charge in [-0.2, -0.15) is 0 Å². The molecule has 0 spiro atoms. The second-order valence-electron chi connectivity index (χ2n) is 8.02. The van der Waals surface area contributed by atoms with Crippen LogP contribution in [0.1, 0.15) is 53.9 Å². The fourth-order valence-corrected chi connectivity index (χ4v) is 5.73. The van der Waals surface area contributed by atoms with Crippen LogP contribution >= 0.6 is 11.8 Å². The van der Waals surface area contributed by atoms with E-state index in [0.717, 1.165) is 59.4 Å². The van der Waals surface area contributed by atoms with Crippen molar-refractivity contribution in [2.75, 3.05) is 14.2 Å². The van der Waals surface area contributed by atoms with E-state index in [1.54, 1.807) is 18.9 Å². The van der Waals surface area contributed by atoms with Crippen LogP contribution in [0.3, 0.4) is 0 Å². The molecule has 1 aliphatic rings. The predicted octanol–water partition coefficient (Wildman–Crippen LogP) is 5.38. The smallest absolute Gasteiger partial charge is 0.320 e. The normalized spacial score (nSPS) is 16.1. The number of carbonyl (C=O) groups is 2. The highest BCUT2D eigenvalue weighted by molar-refractivity contribution is 8.00. The average Bonchev–Trinajstić information content (AvgIpc) is 3.24. The van der Waals surface area contributed by atoms with Gasteiger partial charge in [-0.1, -0.05) is 48.7 Å². The summed E-state index contributed by atoms with van der Waals surface area (Å²) in [5.41, 5.74) is 3.96. The minimum Gasteiger partial charge on any atom is -0.497 e. The highest BCUT2D eigenvalue weighted by Crippen LogP contribution is 2.47. The van der Waals surface area contributed by atoms with E-state index in [-0.39, 0.29) is 5.78 Å². The minimum absolute atomic E-state index is 0.0164. The van der Waals surface area contributed by atoms with Gasteiger partial charge < -0.3 is 9.47 Å². The topological polar surface area (TPSA) is 52.6 Å². The summed E-state index contributed by atoms with van der Waals surface area (Å²) in [7, 11) is 3.01. The van der Waals surface area contributed by atoms with E-state index in [4.69, 9.17) is 9.47 Å². The first-order valence-electron chi connectivity index (χ1n) is 10.4. The summed E-state index contributed by atoms with van der Waals surface area (Å²) in [4.78, 5) is 26.7. The maximum absolute atomic E-state index is 13.9. The molecular weight excluding hydrogens is 396 g/mol. The van der Waals surface area contributed by atoms with Gasteiger partial charge in [0.25, 0.3) is 0 Å². The molecule has 0 radical (unpaired) electrons. The van der Waals surface area contributed by atoms with Crippen LogP contribution in [-0.4, -0.2) is 30.7 Å². The number of carbonyl (C=O) groups excluding carboxylic acids is 2. The Morgan fingerprint density at radius 2 is 1.70 bits per heavy atom. The molecule has 0 heterocycles. The van der Waals surface area contributed by atoms with E-state index in [0.29, 0.717) is 0 Å². The number of methoxy groups -OCH3 is 2. The molecule has 0 N–H and O–H groups in total. The number of thioether (sulfide) groups is 1. The van der Waals surface area contributed by atoms with Crippen molar-refractivity contribution >= 4 is 23.5 Å². The Kier molecular flexibility index (Phi) is 7.24. The van der Waals surface area contributed by atoms with Crippen LogP contribution < -0.4 is 4.74 Å². The first-order valence-corrected chi connectivity index (χ1v) is 11.3. The Labute approximate surface area is 183 Å². The van der Waals surface area contributed by atoms with Gasteiger partial charge in [-0.05, 0) is 55.5 Å². The fraction of sp³-hybridized carbons (Fsp3) is 0.440. The molecule has 3 rings (SSSR count). The lowest BCUT2D eigenvalue weighted by atomic mass is 9.83. The molecule has 4 nitrogen and oxygen atoms in total. The SMILES string of the molecule is COC(=O)C(C(=O)C1(SCc2ccc(OC)cc2)CCCC1)c1ccc(C)cc1C. The van der Waals surface area contributed by atoms with Crippen molar-refractivity contribution in [3.05, 3.63) is 64.7 Å². The van der Waals surface area contributed by atoms with Crippen LogP contribution in [-0.2, 0) is 20.1 Å². The maximum Gasteiger partial charge on any atom is 0.320 e. The molecule has 1 unspecified atom stereocenters. The molecule has 0 bridgehead atoms. The second kappa shape index (κ2) is 9.69. The molecule has 1 fully saturated rings. The lowest BCUT2D eigenvalue weighted by molar-refractivity contribution is -0.146. The number of rotatable bonds is 8. The van der Waals surface area contributed by atoms with Crippen LogP contribution in [0.5, 0.6) is 5.75 Å². The van der Waals surface area contributed by atoms with E-state index >= 15 is 0 Å². The zero-order valence-electron chi connectivity index (χ0n) is 18.2. The van der Waals surface area contributed by atoms with Crippen molar-refractivity contribution in [3.8, 4) is 5.75 Å². The lowest BCUT2D eigenvalue weighted by Crippen LogP contribution is -2.40. The Hall–Kier alpha value is -2.27. The summed E-state index contributed by atoms with van der Waals surface area (Å²) in [6.45, 7) is 3.96. The van der Waals surface area contributed by atoms with E-state index in [1.807, 2.05) is 56.3 Å². The third-order valence-corrected chi connectivity index (χ3v) is 7.61. The summed E-state index contributed by atoms with van der Waals surface area (Å²) < 4.78 is 9.76. The molecule has 1 atom stereocenters. The van der Waals surface area contributed by atoms with Gasteiger partial charge in [0.2, 0.25) is 0 Å². The molecule has 0 saturated heterocycles. The lowest BCUT2D eigenvalue weighted by Gasteiger charge is -2.31. The third-order valence-electron chi connectivity index (χ3n) is 5.97. The number of hydrogen-bond acceptors (Lipinski definition) is 5. The molecule has 2 aromatic carbocycles. The Balaban J connectivity index is 1.89. The molecule has 2 aromatic rings. The summed E-state index contributed by atoms with van der Waals surface area (Å²) in [6.07, 6.45) is 3.60. The van der Waals surface area contributed by atoms with Crippen LogP contribution in [0.25, 0.3) is 0 Å².